The first-order valence-electron chi connectivity index (χ1n) is 5.01. The largest absolute Gasteiger partial charge is 0.376 e. The van der Waals surface area contributed by atoms with Crippen molar-refractivity contribution in [2.24, 2.45) is 5.73 Å². The van der Waals surface area contributed by atoms with Gasteiger partial charge in [0.05, 0.1) is 16.6 Å². The third-order valence-corrected chi connectivity index (χ3v) is 3.32. The molecule has 2 nitrogen and oxygen atoms in total. The van der Waals surface area contributed by atoms with Crippen LogP contribution < -0.4 is 5.73 Å². The zero-order valence-electron chi connectivity index (χ0n) is 8.25. The van der Waals surface area contributed by atoms with E-state index in [0.29, 0.717) is 10.0 Å². The quantitative estimate of drug-likeness (QED) is 0.900. The topological polar surface area (TPSA) is 35.2 Å². The van der Waals surface area contributed by atoms with Gasteiger partial charge in [0.15, 0.2) is 0 Å². The molecule has 0 spiro atoms. The lowest BCUT2D eigenvalue weighted by atomic mass is 10.00. The Kier molecular flexibility index (Phi) is 3.38. The van der Waals surface area contributed by atoms with E-state index in [2.05, 4.69) is 15.9 Å². The first-order chi connectivity index (χ1) is 7.20. The Balaban J connectivity index is 2.24. The Morgan fingerprint density at radius 1 is 1.53 bits per heavy atom. The highest BCUT2D eigenvalue weighted by Crippen LogP contribution is 2.29. The molecule has 82 valence electrons. The second-order valence-electron chi connectivity index (χ2n) is 3.72. The van der Waals surface area contributed by atoms with E-state index < -0.39 is 0 Å². The summed E-state index contributed by atoms with van der Waals surface area (Å²) in [6.45, 7) is 0.730. The van der Waals surface area contributed by atoms with Crippen LogP contribution in [-0.4, -0.2) is 12.7 Å². The maximum absolute atomic E-state index is 13.7. The molecule has 0 bridgehead atoms. The van der Waals surface area contributed by atoms with Crippen molar-refractivity contribution >= 4 is 15.9 Å². The molecule has 0 amide bonds. The molecule has 1 aromatic rings. The molecular formula is C11H13BrFNO. The van der Waals surface area contributed by atoms with Crippen LogP contribution in [0.15, 0.2) is 22.7 Å². The summed E-state index contributed by atoms with van der Waals surface area (Å²) in [5.41, 5.74) is 6.51. The summed E-state index contributed by atoms with van der Waals surface area (Å²) in [5, 5.41) is 0. The number of nitrogens with two attached hydrogens (primary N) is 1. The maximum atomic E-state index is 13.7. The van der Waals surface area contributed by atoms with Crippen molar-refractivity contribution in [3.05, 3.63) is 34.1 Å². The van der Waals surface area contributed by atoms with E-state index in [4.69, 9.17) is 10.5 Å². The fourth-order valence-electron chi connectivity index (χ4n) is 1.86. The molecule has 1 aromatic carbocycles. The average Bonchev–Trinajstić information content (AvgIpc) is 2.74. The minimum absolute atomic E-state index is 0.0474. The van der Waals surface area contributed by atoms with Crippen molar-refractivity contribution in [2.75, 3.05) is 6.61 Å². The summed E-state index contributed by atoms with van der Waals surface area (Å²) < 4.78 is 19.6. The van der Waals surface area contributed by atoms with Gasteiger partial charge in [0.2, 0.25) is 0 Å². The molecule has 1 fully saturated rings. The molecule has 1 aliphatic heterocycles. The minimum atomic E-state index is -0.370. The van der Waals surface area contributed by atoms with Crippen LogP contribution in [0.3, 0.4) is 0 Å². The number of hydrogen-bond donors (Lipinski definition) is 1. The third kappa shape index (κ3) is 2.22. The zero-order chi connectivity index (χ0) is 10.8. The Morgan fingerprint density at radius 3 is 3.00 bits per heavy atom. The molecule has 2 rings (SSSR count). The summed E-state index contributed by atoms with van der Waals surface area (Å²) in [6, 6.07) is 4.80. The highest BCUT2D eigenvalue weighted by Gasteiger charge is 2.26. The van der Waals surface area contributed by atoms with Gasteiger partial charge in [0.1, 0.15) is 5.82 Å². The molecule has 2 atom stereocenters. The standard InChI is InChI=1S/C11H13BrFNO/c12-8-4-1-3-7(10(8)13)11(14)9-5-2-6-15-9/h1,3-4,9,11H,2,5-6,14H2. The normalized spacial score (nSPS) is 23.0. The lowest BCUT2D eigenvalue weighted by Gasteiger charge is -2.19. The predicted octanol–water partition coefficient (Wildman–Crippen LogP) is 2.77. The molecule has 2 unspecified atom stereocenters. The number of benzene rings is 1. The van der Waals surface area contributed by atoms with Crippen LogP contribution in [-0.2, 0) is 4.74 Å². The van der Waals surface area contributed by atoms with Crippen molar-refractivity contribution in [1.82, 2.24) is 0 Å². The zero-order valence-corrected chi connectivity index (χ0v) is 9.84. The Hall–Kier alpha value is -0.450. The van der Waals surface area contributed by atoms with Crippen LogP contribution in [0.1, 0.15) is 24.4 Å². The molecule has 0 saturated carbocycles. The van der Waals surface area contributed by atoms with E-state index in [1.54, 1.807) is 18.2 Å². The molecule has 1 aliphatic rings. The van der Waals surface area contributed by atoms with Crippen LogP contribution in [0.2, 0.25) is 0 Å². The second-order valence-corrected chi connectivity index (χ2v) is 4.57. The van der Waals surface area contributed by atoms with E-state index in [1.165, 1.54) is 0 Å². The highest BCUT2D eigenvalue weighted by atomic mass is 79.9. The highest BCUT2D eigenvalue weighted by molar-refractivity contribution is 9.10. The molecular weight excluding hydrogens is 261 g/mol. The fraction of sp³-hybridized carbons (Fsp3) is 0.455. The van der Waals surface area contributed by atoms with E-state index in [1.807, 2.05) is 0 Å². The molecule has 1 heterocycles. The monoisotopic (exact) mass is 273 g/mol. The van der Waals surface area contributed by atoms with Gasteiger partial charge in [-0.05, 0) is 34.8 Å². The van der Waals surface area contributed by atoms with Gasteiger partial charge in [-0.3, -0.25) is 0 Å². The van der Waals surface area contributed by atoms with Crippen LogP contribution in [0.4, 0.5) is 4.39 Å². The van der Waals surface area contributed by atoms with E-state index in [9.17, 15) is 4.39 Å². The average molecular weight is 274 g/mol. The van der Waals surface area contributed by atoms with Gasteiger partial charge in [0, 0.05) is 12.2 Å². The first-order valence-corrected chi connectivity index (χ1v) is 5.80. The van der Waals surface area contributed by atoms with Gasteiger partial charge in [-0.2, -0.15) is 0 Å². The molecule has 0 aliphatic carbocycles. The van der Waals surface area contributed by atoms with Crippen molar-refractivity contribution in [3.8, 4) is 0 Å². The number of halogens is 2. The summed E-state index contributed by atoms with van der Waals surface area (Å²) in [5.74, 6) is -0.277. The van der Waals surface area contributed by atoms with E-state index >= 15 is 0 Å². The van der Waals surface area contributed by atoms with Crippen molar-refractivity contribution in [2.45, 2.75) is 25.0 Å². The molecule has 1 saturated heterocycles. The molecule has 0 aromatic heterocycles. The van der Waals surface area contributed by atoms with E-state index in [-0.39, 0.29) is 18.0 Å². The Bertz CT molecular complexity index is 352. The van der Waals surface area contributed by atoms with Crippen molar-refractivity contribution in [1.29, 1.82) is 0 Å². The van der Waals surface area contributed by atoms with Gasteiger partial charge in [-0.25, -0.2) is 4.39 Å². The SMILES string of the molecule is NC(c1cccc(Br)c1F)C1CCCO1. The molecule has 15 heavy (non-hydrogen) atoms. The Labute approximate surface area is 96.7 Å². The van der Waals surface area contributed by atoms with Crippen molar-refractivity contribution in [3.63, 3.8) is 0 Å². The smallest absolute Gasteiger partial charge is 0.142 e. The first kappa shape index (κ1) is 11.0. The lowest BCUT2D eigenvalue weighted by Crippen LogP contribution is -2.26. The third-order valence-electron chi connectivity index (χ3n) is 2.71. The fourth-order valence-corrected chi connectivity index (χ4v) is 2.25. The minimum Gasteiger partial charge on any atom is -0.376 e. The second kappa shape index (κ2) is 4.60. The summed E-state index contributed by atoms with van der Waals surface area (Å²) >= 11 is 3.15. The number of hydrogen-bond acceptors (Lipinski definition) is 2. The summed E-state index contributed by atoms with van der Waals surface area (Å²) in [7, 11) is 0. The summed E-state index contributed by atoms with van der Waals surface area (Å²) in [4.78, 5) is 0. The van der Waals surface area contributed by atoms with E-state index in [0.717, 1.165) is 19.4 Å². The number of ether oxygens (including phenoxy) is 1. The molecule has 4 heteroatoms. The van der Waals surface area contributed by atoms with Gasteiger partial charge < -0.3 is 10.5 Å². The lowest BCUT2D eigenvalue weighted by molar-refractivity contribution is 0.0890. The van der Waals surface area contributed by atoms with Crippen LogP contribution in [0.5, 0.6) is 0 Å². The van der Waals surface area contributed by atoms with Crippen molar-refractivity contribution < 1.29 is 9.13 Å². The molecule has 0 radical (unpaired) electrons. The van der Waals surface area contributed by atoms with Crippen LogP contribution in [0.25, 0.3) is 0 Å². The van der Waals surface area contributed by atoms with Crippen LogP contribution >= 0.6 is 15.9 Å². The predicted molar refractivity (Wildman–Crippen MR) is 60.0 cm³/mol. The van der Waals surface area contributed by atoms with Gasteiger partial charge >= 0.3 is 0 Å². The Morgan fingerprint density at radius 2 is 2.33 bits per heavy atom. The summed E-state index contributed by atoms with van der Waals surface area (Å²) in [6.07, 6.45) is 1.87. The van der Waals surface area contributed by atoms with Gasteiger partial charge in [-0.15, -0.1) is 0 Å². The van der Waals surface area contributed by atoms with Gasteiger partial charge in [-0.1, -0.05) is 12.1 Å². The maximum Gasteiger partial charge on any atom is 0.142 e. The van der Waals surface area contributed by atoms with Gasteiger partial charge in [0.25, 0.3) is 0 Å². The number of rotatable bonds is 2. The van der Waals surface area contributed by atoms with Crippen LogP contribution in [0, 0.1) is 5.82 Å². The molecule has 2 N–H and O–H groups in total.